The molecule has 3 nitrogen and oxygen atoms in total. The van der Waals surface area contributed by atoms with Gasteiger partial charge in [-0.2, -0.15) is 0 Å². The number of para-hydroxylation sites is 1. The second kappa shape index (κ2) is 7.71. The molecular formula is C14H21NO2. The molecule has 0 unspecified atom stereocenters. The van der Waals surface area contributed by atoms with Gasteiger partial charge in [-0.25, -0.2) is 0 Å². The molecule has 1 aromatic carbocycles. The van der Waals surface area contributed by atoms with Crippen LogP contribution in [0.2, 0.25) is 0 Å². The van der Waals surface area contributed by atoms with Crippen molar-refractivity contribution in [1.29, 1.82) is 0 Å². The van der Waals surface area contributed by atoms with E-state index in [1.807, 2.05) is 37.3 Å². The van der Waals surface area contributed by atoms with Crippen LogP contribution < -0.4 is 10.1 Å². The summed E-state index contributed by atoms with van der Waals surface area (Å²) in [6, 6.07) is 9.92. The summed E-state index contributed by atoms with van der Waals surface area (Å²) in [5.41, 5.74) is 0. The summed E-state index contributed by atoms with van der Waals surface area (Å²) < 4.78 is 5.51. The Bertz CT molecular complexity index is 324. The molecule has 0 spiro atoms. The zero-order valence-electron chi connectivity index (χ0n) is 10.6. The standard InChI is InChI=1S/C14H21NO2/c1-3-12(2)15-14(16)10-7-11-17-13-8-5-4-6-9-13/h4-6,8-9,12H,3,7,10-11H2,1-2H3,(H,15,16)/t12-/m1/s1. The summed E-state index contributed by atoms with van der Waals surface area (Å²) in [6.45, 7) is 4.65. The maximum Gasteiger partial charge on any atom is 0.220 e. The van der Waals surface area contributed by atoms with Crippen LogP contribution in [0.15, 0.2) is 30.3 Å². The molecule has 0 aliphatic heterocycles. The third-order valence-corrected chi connectivity index (χ3v) is 2.58. The fourth-order valence-corrected chi connectivity index (χ4v) is 1.39. The van der Waals surface area contributed by atoms with Crippen molar-refractivity contribution in [2.75, 3.05) is 6.61 Å². The number of ether oxygens (including phenoxy) is 1. The molecule has 17 heavy (non-hydrogen) atoms. The van der Waals surface area contributed by atoms with Crippen LogP contribution in [0.3, 0.4) is 0 Å². The van der Waals surface area contributed by atoms with E-state index >= 15 is 0 Å². The Morgan fingerprint density at radius 1 is 1.35 bits per heavy atom. The number of carbonyl (C=O) groups is 1. The largest absolute Gasteiger partial charge is 0.494 e. The van der Waals surface area contributed by atoms with Crippen molar-refractivity contribution in [1.82, 2.24) is 5.32 Å². The highest BCUT2D eigenvalue weighted by atomic mass is 16.5. The fourth-order valence-electron chi connectivity index (χ4n) is 1.39. The molecule has 3 heteroatoms. The summed E-state index contributed by atoms with van der Waals surface area (Å²) in [7, 11) is 0. The highest BCUT2D eigenvalue weighted by Gasteiger charge is 2.04. The highest BCUT2D eigenvalue weighted by Crippen LogP contribution is 2.08. The third-order valence-electron chi connectivity index (χ3n) is 2.58. The van der Waals surface area contributed by atoms with Crippen molar-refractivity contribution in [3.8, 4) is 5.75 Å². The Balaban J connectivity index is 2.10. The Hall–Kier alpha value is -1.51. The molecule has 1 N–H and O–H groups in total. The summed E-state index contributed by atoms with van der Waals surface area (Å²) in [6.07, 6.45) is 2.24. The number of nitrogens with one attached hydrogen (secondary N) is 1. The van der Waals surface area contributed by atoms with E-state index in [0.717, 1.165) is 18.6 Å². The van der Waals surface area contributed by atoms with E-state index in [-0.39, 0.29) is 11.9 Å². The van der Waals surface area contributed by atoms with Gasteiger partial charge in [0.1, 0.15) is 5.75 Å². The van der Waals surface area contributed by atoms with Gasteiger partial charge in [0.25, 0.3) is 0 Å². The predicted octanol–water partition coefficient (Wildman–Crippen LogP) is 2.76. The first-order valence-corrected chi connectivity index (χ1v) is 6.19. The van der Waals surface area contributed by atoms with Gasteiger partial charge in [0, 0.05) is 12.5 Å². The minimum absolute atomic E-state index is 0.107. The molecule has 0 fully saturated rings. The molecule has 0 saturated carbocycles. The van der Waals surface area contributed by atoms with E-state index in [4.69, 9.17) is 4.74 Å². The molecule has 0 aliphatic rings. The van der Waals surface area contributed by atoms with E-state index in [0.29, 0.717) is 13.0 Å². The van der Waals surface area contributed by atoms with Gasteiger partial charge in [0.05, 0.1) is 6.61 Å². The Morgan fingerprint density at radius 2 is 2.06 bits per heavy atom. The smallest absolute Gasteiger partial charge is 0.220 e. The SMILES string of the molecule is CC[C@@H](C)NC(=O)CCCOc1ccccc1. The Morgan fingerprint density at radius 3 is 2.71 bits per heavy atom. The van der Waals surface area contributed by atoms with Crippen LogP contribution >= 0.6 is 0 Å². The lowest BCUT2D eigenvalue weighted by molar-refractivity contribution is -0.121. The van der Waals surface area contributed by atoms with Gasteiger partial charge in [-0.1, -0.05) is 25.1 Å². The number of rotatable bonds is 7. The summed E-state index contributed by atoms with van der Waals surface area (Å²) in [5, 5.41) is 2.93. The van der Waals surface area contributed by atoms with Crippen molar-refractivity contribution in [2.45, 2.75) is 39.2 Å². The van der Waals surface area contributed by atoms with Gasteiger partial charge in [0.2, 0.25) is 5.91 Å². The molecule has 1 atom stereocenters. The Kier molecular flexibility index (Phi) is 6.15. The van der Waals surface area contributed by atoms with E-state index < -0.39 is 0 Å². The molecule has 0 aromatic heterocycles. The van der Waals surface area contributed by atoms with Crippen LogP contribution in [0.25, 0.3) is 0 Å². The van der Waals surface area contributed by atoms with E-state index in [1.165, 1.54) is 0 Å². The lowest BCUT2D eigenvalue weighted by atomic mass is 10.2. The lowest BCUT2D eigenvalue weighted by Crippen LogP contribution is -2.31. The predicted molar refractivity (Wildman–Crippen MR) is 69.1 cm³/mol. The lowest BCUT2D eigenvalue weighted by Gasteiger charge is -2.11. The van der Waals surface area contributed by atoms with Crippen LogP contribution in [0, 0.1) is 0 Å². The van der Waals surface area contributed by atoms with Crippen molar-refractivity contribution >= 4 is 5.91 Å². The van der Waals surface area contributed by atoms with Crippen LogP contribution in [-0.2, 0) is 4.79 Å². The van der Waals surface area contributed by atoms with Gasteiger partial charge < -0.3 is 10.1 Å². The molecule has 1 rings (SSSR count). The van der Waals surface area contributed by atoms with Crippen LogP contribution in [-0.4, -0.2) is 18.6 Å². The number of amides is 1. The first kappa shape index (κ1) is 13.6. The summed E-state index contributed by atoms with van der Waals surface area (Å²) in [4.78, 5) is 11.5. The summed E-state index contributed by atoms with van der Waals surface area (Å²) >= 11 is 0. The minimum Gasteiger partial charge on any atom is -0.494 e. The van der Waals surface area contributed by atoms with Gasteiger partial charge in [0.15, 0.2) is 0 Å². The van der Waals surface area contributed by atoms with Crippen molar-refractivity contribution in [2.24, 2.45) is 0 Å². The molecule has 0 bridgehead atoms. The van der Waals surface area contributed by atoms with Crippen LogP contribution in [0.5, 0.6) is 5.75 Å². The number of hydrogen-bond acceptors (Lipinski definition) is 2. The second-order valence-electron chi connectivity index (χ2n) is 4.14. The first-order chi connectivity index (χ1) is 8.22. The number of benzene rings is 1. The maximum atomic E-state index is 11.5. The Labute approximate surface area is 103 Å². The molecular weight excluding hydrogens is 214 g/mol. The third kappa shape index (κ3) is 5.95. The molecule has 1 amide bonds. The average Bonchev–Trinajstić information content (AvgIpc) is 2.36. The van der Waals surface area contributed by atoms with Crippen molar-refractivity contribution in [3.05, 3.63) is 30.3 Å². The molecule has 0 aliphatic carbocycles. The molecule has 0 radical (unpaired) electrons. The van der Waals surface area contributed by atoms with E-state index in [1.54, 1.807) is 0 Å². The highest BCUT2D eigenvalue weighted by molar-refractivity contribution is 5.76. The fraction of sp³-hybridized carbons (Fsp3) is 0.500. The minimum atomic E-state index is 0.107. The zero-order valence-corrected chi connectivity index (χ0v) is 10.6. The molecule has 1 aromatic rings. The van der Waals surface area contributed by atoms with Crippen LogP contribution in [0.4, 0.5) is 0 Å². The normalized spacial score (nSPS) is 11.9. The van der Waals surface area contributed by atoms with Gasteiger partial charge in [-0.05, 0) is 31.9 Å². The average molecular weight is 235 g/mol. The number of hydrogen-bond donors (Lipinski definition) is 1. The van der Waals surface area contributed by atoms with Gasteiger partial charge >= 0.3 is 0 Å². The molecule has 94 valence electrons. The molecule has 0 heterocycles. The van der Waals surface area contributed by atoms with E-state index in [9.17, 15) is 4.79 Å². The molecule has 0 saturated heterocycles. The topological polar surface area (TPSA) is 38.3 Å². The van der Waals surface area contributed by atoms with Crippen LogP contribution in [0.1, 0.15) is 33.1 Å². The quantitative estimate of drug-likeness (QED) is 0.738. The van der Waals surface area contributed by atoms with E-state index in [2.05, 4.69) is 12.2 Å². The summed E-state index contributed by atoms with van der Waals surface area (Å²) in [5.74, 6) is 0.964. The maximum absolute atomic E-state index is 11.5. The number of carbonyl (C=O) groups excluding carboxylic acids is 1. The van der Waals surface area contributed by atoms with Crippen molar-refractivity contribution < 1.29 is 9.53 Å². The first-order valence-electron chi connectivity index (χ1n) is 6.19. The van der Waals surface area contributed by atoms with Crippen molar-refractivity contribution in [3.63, 3.8) is 0 Å². The van der Waals surface area contributed by atoms with Gasteiger partial charge in [-0.3, -0.25) is 4.79 Å². The second-order valence-corrected chi connectivity index (χ2v) is 4.14. The monoisotopic (exact) mass is 235 g/mol. The van der Waals surface area contributed by atoms with Gasteiger partial charge in [-0.15, -0.1) is 0 Å². The zero-order chi connectivity index (χ0) is 12.5.